The maximum absolute atomic E-state index is 14.8. The normalized spacial score (nSPS) is 35.6. The molecule has 3 saturated heterocycles. The number of hydrogen-bond donors (Lipinski definition) is 4. The number of Topliss-reactive ketones (excluding diaryl/α,β-unsaturated/α-hetero) is 3. The second kappa shape index (κ2) is 19.0. The molecule has 6 aliphatic heterocycles. The number of fused-ring (bicyclic) bond motifs is 15. The molecule has 354 valence electrons. The third-order valence-electron chi connectivity index (χ3n) is 14.5. The molecule has 0 aromatic heterocycles. The van der Waals surface area contributed by atoms with E-state index in [-0.39, 0.29) is 65.7 Å². The molecule has 8 rings (SSSR count). The van der Waals surface area contributed by atoms with Gasteiger partial charge in [0.05, 0.1) is 54.5 Å². The third-order valence-corrected chi connectivity index (χ3v) is 14.5. The highest BCUT2D eigenvalue weighted by atomic mass is 16.7. The Morgan fingerprint density at radius 3 is 2.18 bits per heavy atom. The second-order valence-corrected chi connectivity index (χ2v) is 18.7. The zero-order valence-corrected chi connectivity index (χ0v) is 38.8. The van der Waals surface area contributed by atoms with Crippen LogP contribution in [0.15, 0.2) is 47.5 Å². The molecular weight excluding hydrogens is 841 g/mol. The molecule has 11 atom stereocenters. The molecule has 0 radical (unpaired) electrons. The van der Waals surface area contributed by atoms with E-state index in [0.29, 0.717) is 24.9 Å². The number of rotatable bonds is 4. The number of aliphatic hydroxyl groups excluding tert-OH is 2. The number of morpholine rings is 1. The molecular formula is C48H64N4O13. The van der Waals surface area contributed by atoms with Crippen molar-refractivity contribution >= 4 is 29.4 Å². The van der Waals surface area contributed by atoms with Crippen LogP contribution in [-0.4, -0.2) is 156 Å². The number of aromatic hydroxyl groups is 1. The van der Waals surface area contributed by atoms with E-state index in [9.17, 15) is 39.3 Å². The number of phenols is 1. The Bertz CT molecular complexity index is 2200. The van der Waals surface area contributed by atoms with Crippen molar-refractivity contribution < 1.29 is 63.0 Å². The van der Waals surface area contributed by atoms with Crippen molar-refractivity contribution in [2.24, 2.45) is 35.5 Å². The van der Waals surface area contributed by atoms with Gasteiger partial charge in [0.1, 0.15) is 29.0 Å². The molecule has 3 fully saturated rings. The van der Waals surface area contributed by atoms with Gasteiger partial charge < -0.3 is 59.0 Å². The quantitative estimate of drug-likeness (QED) is 0.339. The number of phenolic OH excluding ortho intramolecular Hbond substituents is 1. The molecule has 17 heteroatoms. The van der Waals surface area contributed by atoms with E-state index >= 15 is 0 Å². The van der Waals surface area contributed by atoms with Crippen LogP contribution in [0.3, 0.4) is 0 Å². The van der Waals surface area contributed by atoms with E-state index in [4.69, 9.17) is 23.7 Å². The molecule has 7 aliphatic rings. The van der Waals surface area contributed by atoms with Crippen LogP contribution in [0.4, 0.5) is 4.79 Å². The van der Waals surface area contributed by atoms with E-state index in [1.165, 1.54) is 46.3 Å². The van der Waals surface area contributed by atoms with Gasteiger partial charge in [-0.3, -0.25) is 19.2 Å². The van der Waals surface area contributed by atoms with Crippen molar-refractivity contribution in [2.45, 2.75) is 85.6 Å². The zero-order valence-electron chi connectivity index (χ0n) is 38.8. The number of aliphatic hydroxyl groups is 2. The molecule has 0 saturated carbocycles. The lowest BCUT2D eigenvalue weighted by atomic mass is 9.78. The predicted molar refractivity (Wildman–Crippen MR) is 236 cm³/mol. The molecule has 2 unspecified atom stereocenters. The smallest absolute Gasteiger partial charge is 0.410 e. The number of amides is 2. The van der Waals surface area contributed by atoms with Gasteiger partial charge in [0.2, 0.25) is 11.6 Å². The first-order valence-electron chi connectivity index (χ1n) is 22.7. The topological polar surface area (TPSA) is 214 Å². The Balaban J connectivity index is 1.27. The molecule has 6 heterocycles. The highest BCUT2D eigenvalue weighted by Crippen LogP contribution is 2.49. The zero-order chi connectivity index (χ0) is 47.2. The minimum Gasteiger partial charge on any atom is -0.507 e. The molecule has 0 spiro atoms. The number of nitrogens with one attached hydrogen (secondary N) is 1. The summed E-state index contributed by atoms with van der Waals surface area (Å²) in [6.45, 7) is 18.2. The number of hydrogen-bond acceptors (Lipinski definition) is 15. The summed E-state index contributed by atoms with van der Waals surface area (Å²) in [6, 6.07) is 0. The summed E-state index contributed by atoms with van der Waals surface area (Å²) in [7, 11) is 1.46. The summed E-state index contributed by atoms with van der Waals surface area (Å²) in [6.07, 6.45) is 2.97. The summed E-state index contributed by atoms with van der Waals surface area (Å²) < 4.78 is 30.0. The van der Waals surface area contributed by atoms with E-state index in [1.54, 1.807) is 42.7 Å². The van der Waals surface area contributed by atoms with Crippen molar-refractivity contribution in [3.63, 3.8) is 0 Å². The Morgan fingerprint density at radius 2 is 1.55 bits per heavy atom. The maximum Gasteiger partial charge on any atom is 0.410 e. The lowest BCUT2D eigenvalue weighted by Crippen LogP contribution is -2.48. The van der Waals surface area contributed by atoms with Gasteiger partial charge in [-0.2, -0.15) is 0 Å². The van der Waals surface area contributed by atoms with E-state index in [2.05, 4.69) is 17.1 Å². The Morgan fingerprint density at radius 1 is 0.892 bits per heavy atom. The van der Waals surface area contributed by atoms with Crippen molar-refractivity contribution in [3.05, 3.63) is 69.8 Å². The lowest BCUT2D eigenvalue weighted by Gasteiger charge is -2.38. The summed E-state index contributed by atoms with van der Waals surface area (Å²) in [4.78, 5) is 77.4. The average molecular weight is 905 g/mol. The fourth-order valence-corrected chi connectivity index (χ4v) is 10.3. The highest BCUT2D eigenvalue weighted by Gasteiger charge is 2.53. The van der Waals surface area contributed by atoms with Crippen molar-refractivity contribution in [2.75, 3.05) is 66.1 Å². The van der Waals surface area contributed by atoms with Gasteiger partial charge in [-0.05, 0) is 38.3 Å². The number of ether oxygens (including phenoxy) is 5. The largest absolute Gasteiger partial charge is 0.507 e. The van der Waals surface area contributed by atoms with Crippen LogP contribution in [-0.2, 0) is 23.7 Å². The SMILES string of the molecule is CCN1CC2CN(C(=O)O[C@H]3[C@H](C)[C@H](O)[C@H](C)[C@@H](O)[C@@H](C)/C=C/C=C(/C)C(=O)NC4=C(N5CCOCC5)C(=O)c5c(c(O)c(C)c6c5C(=O)[C@@](C)(O/C=C/[C@H](OC)[C@H]3C)O6)C4=O)CC2C1. The first-order valence-corrected chi connectivity index (χ1v) is 22.7. The summed E-state index contributed by atoms with van der Waals surface area (Å²) in [5, 5.41) is 37.7. The van der Waals surface area contributed by atoms with E-state index in [1.807, 2.05) is 6.92 Å². The first kappa shape index (κ1) is 47.9. The summed E-state index contributed by atoms with van der Waals surface area (Å²) in [5.74, 6) is -7.91. The van der Waals surface area contributed by atoms with E-state index < -0.39 is 94.5 Å². The molecule has 4 N–H and O–H groups in total. The fraction of sp³-hybridized carbons (Fsp3) is 0.604. The van der Waals surface area contributed by atoms with Crippen molar-refractivity contribution in [1.29, 1.82) is 0 Å². The molecule has 65 heavy (non-hydrogen) atoms. The van der Waals surface area contributed by atoms with Crippen LogP contribution in [0.25, 0.3) is 0 Å². The van der Waals surface area contributed by atoms with E-state index in [0.717, 1.165) is 19.6 Å². The number of carbonyl (C=O) groups is 5. The summed E-state index contributed by atoms with van der Waals surface area (Å²) in [5.41, 5.74) is -1.44. The minimum atomic E-state index is -2.09. The van der Waals surface area contributed by atoms with Gasteiger partial charge in [0, 0.05) is 88.1 Å². The van der Waals surface area contributed by atoms with Gasteiger partial charge in [0.25, 0.3) is 11.7 Å². The van der Waals surface area contributed by atoms with Gasteiger partial charge in [0.15, 0.2) is 0 Å². The standard InChI is InChI=1S/C48H64N4O13/c1-10-50-20-30-22-52(23-31(30)21-50)47(60)64-43-26(4)32(61-9)14-17-63-48(8)45(58)35-33-34(40(55)29(7)44(35)65-48)41(56)36(37(42(33)57)51-15-18-62-19-16-51)49-46(59)25(3)13-11-12-24(2)38(53)27(5)39(54)28(43)6/h11-14,17,24,26-28,30-32,38-39,43,53-55H,10,15-16,18-23H2,1-9H3,(H,49,59)/b12-11+,17-14+,25-13-/t24-,26+,27+,28+,30?,31?,32-,38-,39+,43+,48-/m0/s1. The highest BCUT2D eigenvalue weighted by molar-refractivity contribution is 6.32. The second-order valence-electron chi connectivity index (χ2n) is 18.7. The van der Waals surface area contributed by atoms with Crippen molar-refractivity contribution in [3.8, 4) is 11.5 Å². The number of ketones is 3. The molecule has 2 amide bonds. The van der Waals surface area contributed by atoms with Crippen LogP contribution in [0, 0.1) is 42.4 Å². The molecule has 5 bridgehead atoms. The van der Waals surface area contributed by atoms with Crippen LogP contribution < -0.4 is 10.1 Å². The van der Waals surface area contributed by atoms with Gasteiger partial charge in [-0.1, -0.05) is 52.8 Å². The lowest BCUT2D eigenvalue weighted by molar-refractivity contribution is -0.116. The van der Waals surface area contributed by atoms with Crippen LogP contribution in [0.1, 0.15) is 85.1 Å². The Labute approximate surface area is 380 Å². The molecule has 17 nitrogen and oxygen atoms in total. The monoisotopic (exact) mass is 904 g/mol. The molecule has 1 aromatic carbocycles. The third kappa shape index (κ3) is 8.85. The van der Waals surface area contributed by atoms with Crippen LogP contribution in [0.5, 0.6) is 11.5 Å². The maximum atomic E-state index is 14.8. The molecule has 1 aromatic rings. The van der Waals surface area contributed by atoms with Crippen LogP contribution >= 0.6 is 0 Å². The Kier molecular flexibility index (Phi) is 14.0. The van der Waals surface area contributed by atoms with Crippen LogP contribution in [0.2, 0.25) is 0 Å². The number of nitrogens with zero attached hydrogens (tertiary/aromatic N) is 3. The van der Waals surface area contributed by atoms with Gasteiger partial charge >= 0.3 is 11.9 Å². The predicted octanol–water partition coefficient (Wildman–Crippen LogP) is 3.75. The van der Waals surface area contributed by atoms with Gasteiger partial charge in [-0.15, -0.1) is 0 Å². The molecule has 1 aliphatic carbocycles. The number of benzene rings is 1. The minimum absolute atomic E-state index is 0.00670. The van der Waals surface area contributed by atoms with Crippen molar-refractivity contribution in [1.82, 2.24) is 20.0 Å². The number of likely N-dealkylation sites (tertiary alicyclic amines) is 2. The number of methoxy groups -OCH3 is 1. The Hall–Kier alpha value is -5.07. The first-order chi connectivity index (χ1) is 30.8. The number of allylic oxidation sites excluding steroid dienone is 4. The number of carbonyl (C=O) groups excluding carboxylic acids is 5. The average Bonchev–Trinajstić information content (AvgIpc) is 3.96. The fourth-order valence-electron chi connectivity index (χ4n) is 10.3. The summed E-state index contributed by atoms with van der Waals surface area (Å²) >= 11 is 0. The van der Waals surface area contributed by atoms with Gasteiger partial charge in [-0.25, -0.2) is 4.79 Å².